The first-order chi connectivity index (χ1) is 9.68. The Balaban J connectivity index is 2.08. The molecule has 1 fully saturated rings. The van der Waals surface area contributed by atoms with Crippen LogP contribution >= 0.6 is 0 Å². The van der Waals surface area contributed by atoms with Crippen LogP contribution < -0.4 is 5.56 Å². The minimum absolute atomic E-state index is 0.00346. The van der Waals surface area contributed by atoms with Crippen LogP contribution in [0.5, 0.6) is 0 Å². The molecule has 1 aromatic carbocycles. The lowest BCUT2D eigenvalue weighted by molar-refractivity contribution is 0.00333. The minimum atomic E-state index is -0.285. The molecular weight excluding hydrogens is 258 g/mol. The zero-order valence-corrected chi connectivity index (χ0v) is 11.1. The molecule has 104 valence electrons. The summed E-state index contributed by atoms with van der Waals surface area (Å²) in [6.07, 6.45) is 0. The molecule has 0 spiro atoms. The molecule has 0 radical (unpaired) electrons. The van der Waals surface area contributed by atoms with Crippen LogP contribution in [0.25, 0.3) is 10.8 Å². The van der Waals surface area contributed by atoms with E-state index in [4.69, 9.17) is 4.74 Å². The van der Waals surface area contributed by atoms with Crippen LogP contribution in [-0.2, 0) is 4.74 Å². The lowest BCUT2D eigenvalue weighted by Crippen LogP contribution is -2.47. The average Bonchev–Trinajstić information content (AvgIpc) is 2.48. The predicted octanol–water partition coefficient (Wildman–Crippen LogP) is 0.784. The van der Waals surface area contributed by atoms with Crippen LogP contribution in [0, 0.1) is 0 Å². The summed E-state index contributed by atoms with van der Waals surface area (Å²) < 4.78 is 5.33. The molecule has 1 amide bonds. The second-order valence-corrected chi connectivity index (χ2v) is 4.87. The van der Waals surface area contributed by atoms with E-state index in [1.54, 1.807) is 29.2 Å². The number of fused-ring (bicyclic) bond motifs is 1. The van der Waals surface area contributed by atoms with Crippen molar-refractivity contribution < 1.29 is 9.53 Å². The first-order valence-corrected chi connectivity index (χ1v) is 6.54. The highest BCUT2D eigenvalue weighted by atomic mass is 16.5. The zero-order valence-electron chi connectivity index (χ0n) is 11.1. The van der Waals surface area contributed by atoms with Crippen molar-refractivity contribution in [3.63, 3.8) is 0 Å². The van der Waals surface area contributed by atoms with Gasteiger partial charge < -0.3 is 9.64 Å². The van der Waals surface area contributed by atoms with Crippen molar-refractivity contribution in [1.82, 2.24) is 15.1 Å². The molecule has 0 aliphatic carbocycles. The van der Waals surface area contributed by atoms with Gasteiger partial charge in [0.25, 0.3) is 11.5 Å². The predicted molar refractivity (Wildman–Crippen MR) is 73.7 cm³/mol. The van der Waals surface area contributed by atoms with E-state index >= 15 is 0 Å². The second kappa shape index (κ2) is 5.05. The molecule has 2 aromatic rings. The molecule has 2 heterocycles. The van der Waals surface area contributed by atoms with Gasteiger partial charge in [-0.2, -0.15) is 5.10 Å². The summed E-state index contributed by atoms with van der Waals surface area (Å²) in [5.41, 5.74) is 0.00104. The zero-order chi connectivity index (χ0) is 14.1. The van der Waals surface area contributed by atoms with Crippen LogP contribution in [0.15, 0.2) is 29.1 Å². The van der Waals surface area contributed by atoms with Crippen LogP contribution in [0.3, 0.4) is 0 Å². The highest BCUT2D eigenvalue weighted by Crippen LogP contribution is 2.17. The largest absolute Gasteiger partial charge is 0.377 e. The van der Waals surface area contributed by atoms with Gasteiger partial charge >= 0.3 is 0 Å². The second-order valence-electron chi connectivity index (χ2n) is 4.87. The molecule has 3 rings (SSSR count). The van der Waals surface area contributed by atoms with Gasteiger partial charge in [-0.3, -0.25) is 9.59 Å². The normalized spacial score (nSPS) is 19.2. The number of hydrogen-bond acceptors (Lipinski definition) is 4. The van der Waals surface area contributed by atoms with Crippen molar-refractivity contribution in [2.75, 3.05) is 19.8 Å². The number of hydrogen-bond donors (Lipinski definition) is 1. The Morgan fingerprint density at radius 1 is 1.40 bits per heavy atom. The lowest BCUT2D eigenvalue weighted by atomic mass is 10.1. The summed E-state index contributed by atoms with van der Waals surface area (Å²) >= 11 is 0. The van der Waals surface area contributed by atoms with Gasteiger partial charge in [0.15, 0.2) is 5.69 Å². The molecule has 1 aliphatic rings. The molecule has 0 bridgehead atoms. The maximum atomic E-state index is 12.6. The van der Waals surface area contributed by atoms with E-state index in [9.17, 15) is 9.59 Å². The number of nitrogens with zero attached hydrogens (tertiary/aromatic N) is 2. The fourth-order valence-corrected chi connectivity index (χ4v) is 2.44. The van der Waals surface area contributed by atoms with Crippen molar-refractivity contribution in [1.29, 1.82) is 0 Å². The van der Waals surface area contributed by atoms with Crippen molar-refractivity contribution in [2.24, 2.45) is 0 Å². The highest BCUT2D eigenvalue weighted by Gasteiger charge is 2.27. The van der Waals surface area contributed by atoms with E-state index in [0.717, 1.165) is 0 Å². The first kappa shape index (κ1) is 12.8. The summed E-state index contributed by atoms with van der Waals surface area (Å²) in [5, 5.41) is 7.40. The van der Waals surface area contributed by atoms with Crippen molar-refractivity contribution in [3.05, 3.63) is 40.3 Å². The number of carbonyl (C=O) groups is 1. The van der Waals surface area contributed by atoms with E-state index in [2.05, 4.69) is 10.2 Å². The summed E-state index contributed by atoms with van der Waals surface area (Å²) in [4.78, 5) is 26.1. The first-order valence-electron chi connectivity index (χ1n) is 6.54. The summed E-state index contributed by atoms with van der Waals surface area (Å²) in [6, 6.07) is 7.00. The van der Waals surface area contributed by atoms with E-state index in [-0.39, 0.29) is 23.2 Å². The minimum Gasteiger partial charge on any atom is -0.377 e. The fourth-order valence-electron chi connectivity index (χ4n) is 2.44. The van der Waals surface area contributed by atoms with Gasteiger partial charge in [-0.25, -0.2) is 5.10 Å². The molecular formula is C14H15N3O3. The third-order valence-corrected chi connectivity index (χ3v) is 3.53. The van der Waals surface area contributed by atoms with Crippen LogP contribution in [-0.4, -0.2) is 46.8 Å². The van der Waals surface area contributed by atoms with Gasteiger partial charge in [0, 0.05) is 11.9 Å². The fraction of sp³-hybridized carbons (Fsp3) is 0.357. The average molecular weight is 273 g/mol. The molecule has 1 N–H and O–H groups in total. The Kier molecular flexibility index (Phi) is 3.23. The van der Waals surface area contributed by atoms with Gasteiger partial charge in [-0.1, -0.05) is 18.2 Å². The molecule has 20 heavy (non-hydrogen) atoms. The third-order valence-electron chi connectivity index (χ3n) is 3.53. The monoisotopic (exact) mass is 273 g/mol. The molecule has 0 saturated carbocycles. The SMILES string of the molecule is C[C@@H]1COCCN1C(=O)c1n[nH]c(=O)c2ccccc12. The summed E-state index contributed by atoms with van der Waals surface area (Å²) in [7, 11) is 0. The van der Waals surface area contributed by atoms with Crippen molar-refractivity contribution in [3.8, 4) is 0 Å². The Bertz CT molecular complexity index is 710. The Morgan fingerprint density at radius 2 is 2.15 bits per heavy atom. The number of carbonyl (C=O) groups excluding carboxylic acids is 1. The number of ether oxygens (including phenoxy) is 1. The molecule has 1 atom stereocenters. The third kappa shape index (κ3) is 2.08. The standard InChI is InChI=1S/C14H15N3O3/c1-9-8-20-7-6-17(9)14(19)12-10-4-2-3-5-11(10)13(18)16-15-12/h2-5,9H,6-8H2,1H3,(H,16,18)/t9-/m1/s1. The number of nitrogens with one attached hydrogen (secondary N) is 1. The van der Waals surface area contributed by atoms with Crippen LogP contribution in [0.2, 0.25) is 0 Å². The number of rotatable bonds is 1. The topological polar surface area (TPSA) is 75.3 Å². The van der Waals surface area contributed by atoms with Crippen molar-refractivity contribution >= 4 is 16.7 Å². The van der Waals surface area contributed by atoms with E-state index in [1.807, 2.05) is 6.92 Å². The molecule has 6 heteroatoms. The molecule has 1 aliphatic heterocycles. The number of H-pyrrole nitrogens is 1. The summed E-state index contributed by atoms with van der Waals surface area (Å²) in [5.74, 6) is -0.173. The lowest BCUT2D eigenvalue weighted by Gasteiger charge is -2.33. The number of benzene rings is 1. The quantitative estimate of drug-likeness (QED) is 0.833. The van der Waals surface area contributed by atoms with Crippen LogP contribution in [0.4, 0.5) is 0 Å². The van der Waals surface area contributed by atoms with Gasteiger partial charge in [-0.15, -0.1) is 0 Å². The number of aromatic amines is 1. The Hall–Kier alpha value is -2.21. The van der Waals surface area contributed by atoms with Crippen LogP contribution in [0.1, 0.15) is 17.4 Å². The van der Waals surface area contributed by atoms with Gasteiger partial charge in [0.1, 0.15) is 0 Å². The summed E-state index contributed by atoms with van der Waals surface area (Å²) in [6.45, 7) is 3.52. The van der Waals surface area contributed by atoms with Gasteiger partial charge in [-0.05, 0) is 13.0 Å². The molecule has 1 saturated heterocycles. The number of aromatic nitrogens is 2. The Morgan fingerprint density at radius 3 is 2.90 bits per heavy atom. The maximum absolute atomic E-state index is 12.6. The molecule has 1 aromatic heterocycles. The number of amides is 1. The van der Waals surface area contributed by atoms with Crippen molar-refractivity contribution in [2.45, 2.75) is 13.0 Å². The smallest absolute Gasteiger partial charge is 0.275 e. The number of morpholine rings is 1. The molecule has 6 nitrogen and oxygen atoms in total. The maximum Gasteiger partial charge on any atom is 0.275 e. The highest BCUT2D eigenvalue weighted by molar-refractivity contribution is 6.04. The van der Waals surface area contributed by atoms with Gasteiger partial charge in [0.2, 0.25) is 0 Å². The van der Waals surface area contributed by atoms with Gasteiger partial charge in [0.05, 0.1) is 24.6 Å². The molecule has 0 unspecified atom stereocenters. The Labute approximate surface area is 115 Å². The van der Waals surface area contributed by atoms with E-state index in [1.165, 1.54) is 0 Å². The van der Waals surface area contributed by atoms with E-state index in [0.29, 0.717) is 30.5 Å². The van der Waals surface area contributed by atoms with E-state index < -0.39 is 0 Å².